The summed E-state index contributed by atoms with van der Waals surface area (Å²) in [4.78, 5) is 0. The Balaban J connectivity index is 1.92. The molecule has 16 heavy (non-hydrogen) atoms. The second kappa shape index (κ2) is 7.21. The van der Waals surface area contributed by atoms with Gasteiger partial charge in [0, 0.05) is 26.3 Å². The molecular weight excluding hydrogens is 228 g/mol. The molecular formula is C10H22N2O3S. The van der Waals surface area contributed by atoms with Crippen molar-refractivity contribution in [3.8, 4) is 0 Å². The van der Waals surface area contributed by atoms with Crippen molar-refractivity contribution in [1.29, 1.82) is 0 Å². The summed E-state index contributed by atoms with van der Waals surface area (Å²) < 4.78 is 30.7. The van der Waals surface area contributed by atoms with Gasteiger partial charge in [-0.1, -0.05) is 0 Å². The highest BCUT2D eigenvalue weighted by Gasteiger charge is 2.20. The van der Waals surface area contributed by atoms with E-state index in [1.54, 1.807) is 7.05 Å². The van der Waals surface area contributed by atoms with Gasteiger partial charge in [-0.05, 0) is 32.2 Å². The highest BCUT2D eigenvalue weighted by molar-refractivity contribution is 7.89. The first-order valence-corrected chi connectivity index (χ1v) is 7.49. The van der Waals surface area contributed by atoms with E-state index < -0.39 is 10.0 Å². The normalized spacial score (nSPS) is 16.6. The predicted octanol–water partition coefficient (Wildman–Crippen LogP) is -0.0581. The first kappa shape index (κ1) is 13.9. The maximum Gasteiger partial charge on any atom is 0.212 e. The Labute approximate surface area is 98.0 Å². The Morgan fingerprint density at radius 1 is 1.31 bits per heavy atom. The number of nitrogens with one attached hydrogen (secondary N) is 2. The fraction of sp³-hybridized carbons (Fsp3) is 1.00. The molecule has 0 aromatic heterocycles. The van der Waals surface area contributed by atoms with Gasteiger partial charge in [-0.25, -0.2) is 13.1 Å². The lowest BCUT2D eigenvalue weighted by Gasteiger charge is -2.06. The first-order valence-electron chi connectivity index (χ1n) is 5.84. The first-order chi connectivity index (χ1) is 7.64. The highest BCUT2D eigenvalue weighted by Crippen LogP contribution is 2.28. The van der Waals surface area contributed by atoms with Crippen molar-refractivity contribution in [2.24, 2.45) is 5.92 Å². The Morgan fingerprint density at radius 3 is 2.69 bits per heavy atom. The molecule has 0 spiro atoms. The SMILES string of the molecule is CNCCS(=O)(=O)NCCCOCC1CC1. The van der Waals surface area contributed by atoms with Gasteiger partial charge in [0.2, 0.25) is 10.0 Å². The van der Waals surface area contributed by atoms with E-state index in [0.29, 0.717) is 19.7 Å². The van der Waals surface area contributed by atoms with Crippen molar-refractivity contribution < 1.29 is 13.2 Å². The fourth-order valence-corrected chi connectivity index (χ4v) is 2.32. The summed E-state index contributed by atoms with van der Waals surface area (Å²) in [6.45, 7) is 2.43. The molecule has 96 valence electrons. The molecule has 1 aliphatic carbocycles. The van der Waals surface area contributed by atoms with Crippen LogP contribution in [0.1, 0.15) is 19.3 Å². The summed E-state index contributed by atoms with van der Waals surface area (Å²) in [6, 6.07) is 0. The molecule has 0 saturated heterocycles. The Hall–Kier alpha value is -0.170. The molecule has 1 aliphatic rings. The second-order valence-electron chi connectivity index (χ2n) is 4.19. The van der Waals surface area contributed by atoms with Crippen molar-refractivity contribution in [3.05, 3.63) is 0 Å². The van der Waals surface area contributed by atoms with Crippen LogP contribution in [0.25, 0.3) is 0 Å². The molecule has 0 aromatic rings. The third kappa shape index (κ3) is 7.16. The molecule has 0 bridgehead atoms. The molecule has 2 N–H and O–H groups in total. The smallest absolute Gasteiger partial charge is 0.212 e. The third-order valence-corrected chi connectivity index (χ3v) is 3.84. The molecule has 5 nitrogen and oxygen atoms in total. The van der Waals surface area contributed by atoms with Crippen molar-refractivity contribution in [1.82, 2.24) is 10.0 Å². The van der Waals surface area contributed by atoms with E-state index in [1.165, 1.54) is 12.8 Å². The Kier molecular flexibility index (Phi) is 6.26. The van der Waals surface area contributed by atoms with E-state index in [9.17, 15) is 8.42 Å². The topological polar surface area (TPSA) is 67.4 Å². The van der Waals surface area contributed by atoms with E-state index in [1.807, 2.05) is 0 Å². The van der Waals surface area contributed by atoms with Gasteiger partial charge >= 0.3 is 0 Å². The third-order valence-electron chi connectivity index (χ3n) is 2.46. The number of rotatable bonds is 10. The van der Waals surface area contributed by atoms with Crippen LogP contribution < -0.4 is 10.0 Å². The zero-order valence-electron chi connectivity index (χ0n) is 9.87. The Bertz CT molecular complexity index is 276. The fourth-order valence-electron chi connectivity index (χ4n) is 1.25. The number of hydrogen-bond donors (Lipinski definition) is 2. The van der Waals surface area contributed by atoms with Gasteiger partial charge in [-0.3, -0.25) is 0 Å². The zero-order valence-corrected chi connectivity index (χ0v) is 10.7. The van der Waals surface area contributed by atoms with Crippen molar-refractivity contribution in [3.63, 3.8) is 0 Å². The quantitative estimate of drug-likeness (QED) is 0.533. The highest BCUT2D eigenvalue weighted by atomic mass is 32.2. The summed E-state index contributed by atoms with van der Waals surface area (Å²) >= 11 is 0. The minimum Gasteiger partial charge on any atom is -0.381 e. The van der Waals surface area contributed by atoms with Crippen LogP contribution in [0.15, 0.2) is 0 Å². The van der Waals surface area contributed by atoms with Crippen LogP contribution in [0.4, 0.5) is 0 Å². The second-order valence-corrected chi connectivity index (χ2v) is 6.12. The van der Waals surface area contributed by atoms with Crippen molar-refractivity contribution in [2.75, 3.05) is 39.1 Å². The zero-order chi connectivity index (χ0) is 11.9. The lowest BCUT2D eigenvalue weighted by molar-refractivity contribution is 0.123. The number of hydrogen-bond acceptors (Lipinski definition) is 4. The van der Waals surface area contributed by atoms with Crippen LogP contribution in [0, 0.1) is 5.92 Å². The van der Waals surface area contributed by atoms with Crippen LogP contribution in [0.3, 0.4) is 0 Å². The minimum atomic E-state index is -3.10. The van der Waals surface area contributed by atoms with E-state index in [2.05, 4.69) is 10.0 Å². The lowest BCUT2D eigenvalue weighted by atomic mass is 10.4. The molecule has 0 aromatic carbocycles. The van der Waals surface area contributed by atoms with Gasteiger partial charge in [0.1, 0.15) is 0 Å². The molecule has 0 heterocycles. The summed E-state index contributed by atoms with van der Waals surface area (Å²) in [5.41, 5.74) is 0. The predicted molar refractivity (Wildman–Crippen MR) is 63.9 cm³/mol. The van der Waals surface area contributed by atoms with Gasteiger partial charge < -0.3 is 10.1 Å². The summed E-state index contributed by atoms with van der Waals surface area (Å²) in [6.07, 6.45) is 3.32. The molecule has 1 saturated carbocycles. The largest absolute Gasteiger partial charge is 0.381 e. The van der Waals surface area contributed by atoms with E-state index in [4.69, 9.17) is 4.74 Å². The molecule has 1 fully saturated rings. The van der Waals surface area contributed by atoms with Gasteiger partial charge in [0.05, 0.1) is 5.75 Å². The van der Waals surface area contributed by atoms with Gasteiger partial charge in [-0.2, -0.15) is 0 Å². The van der Waals surface area contributed by atoms with E-state index in [-0.39, 0.29) is 5.75 Å². The Morgan fingerprint density at radius 2 is 2.06 bits per heavy atom. The monoisotopic (exact) mass is 250 g/mol. The maximum atomic E-state index is 11.3. The van der Waals surface area contributed by atoms with Crippen LogP contribution in [-0.4, -0.2) is 47.5 Å². The molecule has 0 aliphatic heterocycles. The summed E-state index contributed by atoms with van der Waals surface area (Å²) in [5, 5.41) is 2.81. The van der Waals surface area contributed by atoms with Gasteiger partial charge in [0.25, 0.3) is 0 Å². The average molecular weight is 250 g/mol. The summed E-state index contributed by atoms with van der Waals surface area (Å²) in [5.74, 6) is 0.902. The number of ether oxygens (including phenoxy) is 1. The van der Waals surface area contributed by atoms with Crippen LogP contribution in [0.5, 0.6) is 0 Å². The molecule has 0 atom stereocenters. The minimum absolute atomic E-state index is 0.131. The molecule has 1 rings (SSSR count). The van der Waals surface area contributed by atoms with Crippen LogP contribution in [-0.2, 0) is 14.8 Å². The van der Waals surface area contributed by atoms with Crippen molar-refractivity contribution >= 4 is 10.0 Å². The lowest BCUT2D eigenvalue weighted by Crippen LogP contribution is -2.31. The van der Waals surface area contributed by atoms with Gasteiger partial charge in [-0.15, -0.1) is 0 Å². The van der Waals surface area contributed by atoms with E-state index in [0.717, 1.165) is 18.9 Å². The van der Waals surface area contributed by atoms with Crippen LogP contribution >= 0.6 is 0 Å². The molecule has 0 unspecified atom stereocenters. The van der Waals surface area contributed by atoms with Crippen molar-refractivity contribution in [2.45, 2.75) is 19.3 Å². The summed E-state index contributed by atoms with van der Waals surface area (Å²) in [7, 11) is -1.37. The standard InChI is InChI=1S/C10H22N2O3S/c1-11-6-8-16(13,14)12-5-2-7-15-9-10-3-4-10/h10-12H,2-9H2,1H3. The average Bonchev–Trinajstić information content (AvgIpc) is 3.04. The van der Waals surface area contributed by atoms with E-state index >= 15 is 0 Å². The molecule has 6 heteroatoms. The number of sulfonamides is 1. The van der Waals surface area contributed by atoms with Gasteiger partial charge in [0.15, 0.2) is 0 Å². The molecule has 0 amide bonds. The maximum absolute atomic E-state index is 11.3. The molecule has 0 radical (unpaired) electrons. The van der Waals surface area contributed by atoms with Crippen LogP contribution in [0.2, 0.25) is 0 Å².